The molecule has 0 saturated carbocycles. The van der Waals surface area contributed by atoms with Crippen LogP contribution in [0, 0.1) is 5.41 Å². The Hall–Kier alpha value is -2.94. The highest BCUT2D eigenvalue weighted by molar-refractivity contribution is 6.12. The number of nitrogens with one attached hydrogen (secondary N) is 2. The van der Waals surface area contributed by atoms with E-state index in [0.29, 0.717) is 30.1 Å². The summed E-state index contributed by atoms with van der Waals surface area (Å²) >= 11 is 0. The van der Waals surface area contributed by atoms with E-state index in [2.05, 4.69) is 15.2 Å². The summed E-state index contributed by atoms with van der Waals surface area (Å²) in [7, 11) is 0. The summed E-state index contributed by atoms with van der Waals surface area (Å²) in [6.45, 7) is 0. The average molecular weight is 374 g/mol. The van der Waals surface area contributed by atoms with Crippen LogP contribution >= 0.6 is 0 Å². The molecule has 2 aromatic heterocycles. The van der Waals surface area contributed by atoms with Crippen molar-refractivity contribution in [3.05, 3.63) is 40.8 Å². The molecule has 0 amide bonds. The Morgan fingerprint density at radius 3 is 2.78 bits per heavy atom. The predicted molar refractivity (Wildman–Crippen MR) is 97.3 cm³/mol. The van der Waals surface area contributed by atoms with Gasteiger partial charge in [-0.05, 0) is 42.5 Å². The number of aryl methyl sites for hydroxylation is 1. The van der Waals surface area contributed by atoms with E-state index in [9.17, 15) is 13.2 Å². The van der Waals surface area contributed by atoms with Crippen LogP contribution in [0.3, 0.4) is 0 Å². The third-order valence-corrected chi connectivity index (χ3v) is 5.01. The number of pyridine rings is 1. The van der Waals surface area contributed by atoms with Crippen molar-refractivity contribution in [2.24, 2.45) is 11.5 Å². The predicted octanol–water partition coefficient (Wildman–Crippen LogP) is 2.81. The van der Waals surface area contributed by atoms with Gasteiger partial charge >= 0.3 is 6.18 Å². The van der Waals surface area contributed by atoms with Gasteiger partial charge in [0.25, 0.3) is 0 Å². The van der Waals surface area contributed by atoms with E-state index in [0.717, 1.165) is 28.3 Å². The third-order valence-electron chi connectivity index (χ3n) is 5.01. The number of hydrogen-bond acceptors (Lipinski definition) is 5. The number of nitrogens with two attached hydrogens (primary N) is 2. The quantitative estimate of drug-likeness (QED) is 0.516. The van der Waals surface area contributed by atoms with Gasteiger partial charge in [-0.25, -0.2) is 4.98 Å². The molecule has 1 aromatic carbocycles. The van der Waals surface area contributed by atoms with Crippen LogP contribution in [0.25, 0.3) is 27.4 Å². The molecule has 0 bridgehead atoms. The second kappa shape index (κ2) is 6.05. The molecule has 1 unspecified atom stereocenters. The summed E-state index contributed by atoms with van der Waals surface area (Å²) in [4.78, 5) is 4.47. The Morgan fingerprint density at radius 2 is 2.07 bits per heavy atom. The zero-order chi connectivity index (χ0) is 19.3. The maximum Gasteiger partial charge on any atom is 0.431 e. The number of halogens is 3. The van der Waals surface area contributed by atoms with Crippen molar-refractivity contribution in [1.82, 2.24) is 15.2 Å². The fraction of sp³-hybridized carbons (Fsp3) is 0.278. The Balaban J connectivity index is 2.12. The molecule has 0 aliphatic heterocycles. The average Bonchev–Trinajstić information content (AvgIpc) is 3.10. The van der Waals surface area contributed by atoms with Gasteiger partial charge in [0.1, 0.15) is 5.70 Å². The van der Waals surface area contributed by atoms with Gasteiger partial charge in [-0.3, -0.25) is 5.10 Å². The molecule has 1 atom stereocenters. The minimum atomic E-state index is -4.75. The molecule has 3 aromatic rings. The van der Waals surface area contributed by atoms with Crippen LogP contribution < -0.4 is 11.5 Å². The summed E-state index contributed by atoms with van der Waals surface area (Å²) in [6, 6.07) is 3.33. The summed E-state index contributed by atoms with van der Waals surface area (Å²) in [5.41, 5.74) is 12.7. The third kappa shape index (κ3) is 2.74. The first-order chi connectivity index (χ1) is 12.8. The fourth-order valence-corrected chi connectivity index (χ4v) is 3.74. The molecule has 2 heterocycles. The first-order valence-corrected chi connectivity index (χ1v) is 8.42. The lowest BCUT2D eigenvalue weighted by Gasteiger charge is -2.26. The van der Waals surface area contributed by atoms with E-state index in [4.69, 9.17) is 16.9 Å². The molecule has 4 rings (SSSR count). The SMILES string of the molecule is N=CC(=C(N)C(F)(F)F)c1nc2ccc3[nH]ncc3c2c2c1CC(N)CC2. The van der Waals surface area contributed by atoms with Crippen molar-refractivity contribution >= 4 is 33.6 Å². The number of hydrogen-bond donors (Lipinski definition) is 4. The monoisotopic (exact) mass is 374 g/mol. The largest absolute Gasteiger partial charge is 0.431 e. The van der Waals surface area contributed by atoms with Crippen molar-refractivity contribution in [1.29, 1.82) is 5.41 Å². The van der Waals surface area contributed by atoms with Crippen LogP contribution in [0.5, 0.6) is 0 Å². The van der Waals surface area contributed by atoms with Crippen LogP contribution in [0.15, 0.2) is 24.0 Å². The lowest BCUT2D eigenvalue weighted by atomic mass is 9.83. The molecule has 0 fully saturated rings. The lowest BCUT2D eigenvalue weighted by molar-refractivity contribution is -0.0919. The molecule has 9 heteroatoms. The Morgan fingerprint density at radius 1 is 1.30 bits per heavy atom. The van der Waals surface area contributed by atoms with Crippen LogP contribution in [0.2, 0.25) is 0 Å². The van der Waals surface area contributed by atoms with Gasteiger partial charge in [0, 0.05) is 28.6 Å². The van der Waals surface area contributed by atoms with Crippen LogP contribution in [0.4, 0.5) is 13.2 Å². The number of H-pyrrole nitrogens is 1. The minimum absolute atomic E-state index is 0.0836. The summed E-state index contributed by atoms with van der Waals surface area (Å²) in [5.74, 6) is 0. The van der Waals surface area contributed by atoms with E-state index in [1.807, 2.05) is 0 Å². The van der Waals surface area contributed by atoms with E-state index in [1.165, 1.54) is 0 Å². The van der Waals surface area contributed by atoms with E-state index >= 15 is 0 Å². The van der Waals surface area contributed by atoms with Gasteiger partial charge < -0.3 is 16.9 Å². The normalized spacial score (nSPS) is 18.4. The number of benzene rings is 1. The van der Waals surface area contributed by atoms with Crippen LogP contribution in [-0.4, -0.2) is 33.6 Å². The van der Waals surface area contributed by atoms with Crippen molar-refractivity contribution in [3.8, 4) is 0 Å². The van der Waals surface area contributed by atoms with Crippen molar-refractivity contribution < 1.29 is 13.2 Å². The first kappa shape index (κ1) is 17.5. The molecule has 0 spiro atoms. The molecule has 140 valence electrons. The van der Waals surface area contributed by atoms with Crippen LogP contribution in [-0.2, 0) is 12.8 Å². The number of nitrogens with zero attached hydrogens (tertiary/aromatic N) is 2. The second-order valence-corrected chi connectivity index (χ2v) is 6.68. The first-order valence-electron chi connectivity index (χ1n) is 8.42. The highest BCUT2D eigenvalue weighted by Gasteiger charge is 2.36. The van der Waals surface area contributed by atoms with Gasteiger partial charge in [0.15, 0.2) is 0 Å². The van der Waals surface area contributed by atoms with Gasteiger partial charge in [-0.15, -0.1) is 0 Å². The van der Waals surface area contributed by atoms with Crippen LogP contribution in [0.1, 0.15) is 23.2 Å². The summed E-state index contributed by atoms with van der Waals surface area (Å²) in [6.07, 6.45) is -0.729. The minimum Gasteiger partial charge on any atom is -0.394 e. The van der Waals surface area contributed by atoms with Crippen molar-refractivity contribution in [3.63, 3.8) is 0 Å². The van der Waals surface area contributed by atoms with Gasteiger partial charge in [0.2, 0.25) is 0 Å². The van der Waals surface area contributed by atoms with E-state index < -0.39 is 17.4 Å². The molecule has 0 saturated heterocycles. The van der Waals surface area contributed by atoms with E-state index in [1.54, 1.807) is 18.3 Å². The zero-order valence-electron chi connectivity index (χ0n) is 14.2. The molecule has 6 N–H and O–H groups in total. The smallest absolute Gasteiger partial charge is 0.394 e. The standard InChI is InChI=1S/C18H17F3N6/c19-18(20,21)17(24)11(6-22)16-10-5-8(23)1-2-9(10)15-12-7-25-27-13(12)3-4-14(15)26-16/h3-4,6-8,22H,1-2,5,23-24H2,(H,25,27). The molecule has 0 radical (unpaired) electrons. The molecular weight excluding hydrogens is 357 g/mol. The Kier molecular flexibility index (Phi) is 3.92. The Labute approximate surface area is 151 Å². The zero-order valence-corrected chi connectivity index (χ0v) is 14.2. The highest BCUT2D eigenvalue weighted by atomic mass is 19.4. The van der Waals surface area contributed by atoms with E-state index in [-0.39, 0.29) is 11.7 Å². The van der Waals surface area contributed by atoms with Gasteiger partial charge in [-0.2, -0.15) is 18.3 Å². The van der Waals surface area contributed by atoms with Gasteiger partial charge in [-0.1, -0.05) is 0 Å². The molecule has 27 heavy (non-hydrogen) atoms. The highest BCUT2D eigenvalue weighted by Crippen LogP contribution is 2.37. The molecule has 6 nitrogen and oxygen atoms in total. The fourth-order valence-electron chi connectivity index (χ4n) is 3.74. The van der Waals surface area contributed by atoms with Crippen molar-refractivity contribution in [2.75, 3.05) is 0 Å². The summed E-state index contributed by atoms with van der Waals surface area (Å²) in [5, 5.41) is 16.2. The number of allylic oxidation sites excluding steroid dienone is 2. The summed E-state index contributed by atoms with van der Waals surface area (Å²) < 4.78 is 39.6. The number of fused-ring (bicyclic) bond motifs is 5. The number of rotatable bonds is 2. The number of alkyl halides is 3. The van der Waals surface area contributed by atoms with Crippen molar-refractivity contribution in [2.45, 2.75) is 31.5 Å². The maximum absolute atomic E-state index is 13.2. The number of aromatic amines is 1. The maximum atomic E-state index is 13.2. The molecule has 1 aliphatic carbocycles. The topological polar surface area (TPSA) is 117 Å². The Bertz CT molecular complexity index is 1100. The second-order valence-electron chi connectivity index (χ2n) is 6.68. The lowest BCUT2D eigenvalue weighted by Crippen LogP contribution is -2.30. The molecular formula is C18H17F3N6. The van der Waals surface area contributed by atoms with Gasteiger partial charge in [0.05, 0.1) is 22.9 Å². The molecule has 1 aliphatic rings. The number of aromatic nitrogens is 3.